The van der Waals surface area contributed by atoms with E-state index >= 15 is 0 Å². The number of carbonyl (C=O) groups is 1. The molecule has 1 unspecified atom stereocenters. The number of nitrogens with one attached hydrogen (secondary N) is 1. The van der Waals surface area contributed by atoms with Crippen LogP contribution in [0.3, 0.4) is 0 Å². The fourth-order valence-corrected chi connectivity index (χ4v) is 3.31. The van der Waals surface area contributed by atoms with Gasteiger partial charge < -0.3 is 10.2 Å². The topological polar surface area (TPSA) is 45.2 Å². The molecule has 4 nitrogen and oxygen atoms in total. The molecule has 1 amide bonds. The predicted octanol–water partition coefficient (Wildman–Crippen LogP) is 2.74. The number of nitrogens with zero attached hydrogens (tertiary/aromatic N) is 2. The molecule has 3 rings (SSSR count). The van der Waals surface area contributed by atoms with Crippen LogP contribution in [-0.2, 0) is 0 Å². The number of hydrogen-bond donors (Lipinski definition) is 1. The van der Waals surface area contributed by atoms with Gasteiger partial charge in [0.05, 0.1) is 16.9 Å². The highest BCUT2D eigenvalue weighted by molar-refractivity contribution is 7.11. The molecule has 1 aromatic heterocycles. The van der Waals surface area contributed by atoms with E-state index in [-0.39, 0.29) is 11.9 Å². The summed E-state index contributed by atoms with van der Waals surface area (Å²) in [5.41, 5.74) is 2.72. The lowest BCUT2D eigenvalue weighted by molar-refractivity contribution is 0.0943. The van der Waals surface area contributed by atoms with E-state index in [9.17, 15) is 13.6 Å². The first-order chi connectivity index (χ1) is 10.5. The first-order valence-electron chi connectivity index (χ1n) is 6.95. The summed E-state index contributed by atoms with van der Waals surface area (Å²) >= 11 is 1.30. The van der Waals surface area contributed by atoms with Gasteiger partial charge in [0.25, 0.3) is 5.91 Å². The molecule has 1 aromatic carbocycles. The number of amides is 1. The minimum Gasteiger partial charge on any atom is -0.367 e. The van der Waals surface area contributed by atoms with Gasteiger partial charge in [-0.05, 0) is 25.5 Å². The van der Waals surface area contributed by atoms with Crippen LogP contribution in [0.2, 0.25) is 0 Å². The summed E-state index contributed by atoms with van der Waals surface area (Å²) < 4.78 is 26.8. The van der Waals surface area contributed by atoms with Crippen LogP contribution in [0.25, 0.3) is 0 Å². The second-order valence-corrected chi connectivity index (χ2v) is 6.12. The molecule has 1 aliphatic heterocycles. The molecule has 1 aliphatic rings. The first kappa shape index (κ1) is 14.9. The molecule has 2 aromatic rings. The highest BCUT2D eigenvalue weighted by Crippen LogP contribution is 2.24. The summed E-state index contributed by atoms with van der Waals surface area (Å²) in [5.74, 6) is -1.32. The van der Waals surface area contributed by atoms with Crippen molar-refractivity contribution in [1.29, 1.82) is 0 Å². The van der Waals surface area contributed by atoms with Crippen molar-refractivity contribution in [2.24, 2.45) is 0 Å². The van der Waals surface area contributed by atoms with Gasteiger partial charge in [-0.2, -0.15) is 0 Å². The second-order valence-electron chi connectivity index (χ2n) is 5.27. The van der Waals surface area contributed by atoms with Crippen LogP contribution in [-0.4, -0.2) is 30.0 Å². The Labute approximate surface area is 130 Å². The molecule has 1 N–H and O–H groups in total. The molecule has 0 saturated carbocycles. The zero-order valence-electron chi connectivity index (χ0n) is 12.0. The largest absolute Gasteiger partial charge is 0.367 e. The maximum atomic E-state index is 13.8. The number of hydrogen-bond acceptors (Lipinski definition) is 4. The van der Waals surface area contributed by atoms with E-state index in [1.54, 1.807) is 12.4 Å². The van der Waals surface area contributed by atoms with Crippen molar-refractivity contribution in [3.05, 3.63) is 45.9 Å². The number of aryl methyl sites for hydroxylation is 1. The molecule has 1 fully saturated rings. The minimum absolute atomic E-state index is 0.0570. The van der Waals surface area contributed by atoms with Gasteiger partial charge in [-0.3, -0.25) is 4.79 Å². The first-order valence-corrected chi connectivity index (χ1v) is 7.83. The second kappa shape index (κ2) is 6.00. The lowest BCUT2D eigenvalue weighted by Gasteiger charge is -2.19. The van der Waals surface area contributed by atoms with Gasteiger partial charge in [-0.15, -0.1) is 11.3 Å². The maximum Gasteiger partial charge on any atom is 0.263 e. The Kier molecular flexibility index (Phi) is 4.06. The van der Waals surface area contributed by atoms with Crippen molar-refractivity contribution in [2.45, 2.75) is 19.4 Å². The Hall–Kier alpha value is -2.02. The monoisotopic (exact) mass is 323 g/mol. The van der Waals surface area contributed by atoms with Crippen molar-refractivity contribution in [3.8, 4) is 0 Å². The Balaban J connectivity index is 1.65. The molecule has 7 heteroatoms. The Morgan fingerprint density at radius 3 is 2.95 bits per heavy atom. The molecule has 1 atom stereocenters. The lowest BCUT2D eigenvalue weighted by Crippen LogP contribution is -2.37. The summed E-state index contributed by atoms with van der Waals surface area (Å²) in [6.07, 6.45) is 0.723. The van der Waals surface area contributed by atoms with Gasteiger partial charge in [0.15, 0.2) is 0 Å². The van der Waals surface area contributed by atoms with Gasteiger partial charge in [0.2, 0.25) is 0 Å². The number of aromatic nitrogens is 1. The summed E-state index contributed by atoms with van der Waals surface area (Å²) in [5, 5.41) is 2.95. The van der Waals surface area contributed by atoms with Gasteiger partial charge in [-0.25, -0.2) is 13.8 Å². The summed E-state index contributed by atoms with van der Waals surface area (Å²) in [4.78, 5) is 18.6. The van der Waals surface area contributed by atoms with E-state index in [1.807, 2.05) is 4.90 Å². The van der Waals surface area contributed by atoms with Gasteiger partial charge in [-0.1, -0.05) is 0 Å². The maximum absolute atomic E-state index is 13.8. The third-order valence-corrected chi connectivity index (χ3v) is 4.65. The normalized spacial score (nSPS) is 17.8. The summed E-state index contributed by atoms with van der Waals surface area (Å²) in [6.45, 7) is 2.92. The SMILES string of the molecule is Cc1ncsc1C(=O)NC1CCN(c2ccc(F)cc2F)C1. The Bertz CT molecular complexity index is 704. The van der Waals surface area contributed by atoms with Gasteiger partial charge >= 0.3 is 0 Å². The third-order valence-electron chi connectivity index (χ3n) is 3.73. The van der Waals surface area contributed by atoms with E-state index in [4.69, 9.17) is 0 Å². The van der Waals surface area contributed by atoms with E-state index in [0.717, 1.165) is 12.5 Å². The fourth-order valence-electron chi connectivity index (χ4n) is 2.61. The highest BCUT2D eigenvalue weighted by atomic mass is 32.1. The van der Waals surface area contributed by atoms with Gasteiger partial charge in [0, 0.05) is 25.2 Å². The molecular weight excluding hydrogens is 308 g/mol. The van der Waals surface area contributed by atoms with Crippen molar-refractivity contribution < 1.29 is 13.6 Å². The number of anilines is 1. The van der Waals surface area contributed by atoms with Crippen molar-refractivity contribution in [3.63, 3.8) is 0 Å². The number of carbonyl (C=O) groups excluding carboxylic acids is 1. The molecule has 0 radical (unpaired) electrons. The van der Waals surface area contributed by atoms with Crippen molar-refractivity contribution >= 4 is 22.9 Å². The zero-order chi connectivity index (χ0) is 15.7. The summed E-state index contributed by atoms with van der Waals surface area (Å²) in [7, 11) is 0. The smallest absolute Gasteiger partial charge is 0.263 e. The van der Waals surface area contributed by atoms with Crippen LogP contribution in [0, 0.1) is 18.6 Å². The van der Waals surface area contributed by atoms with Crippen molar-refractivity contribution in [1.82, 2.24) is 10.3 Å². The van der Waals surface area contributed by atoms with Crippen LogP contribution in [0.4, 0.5) is 14.5 Å². The average Bonchev–Trinajstić information content (AvgIpc) is 3.08. The quantitative estimate of drug-likeness (QED) is 0.945. The Morgan fingerprint density at radius 2 is 2.27 bits per heavy atom. The number of halogens is 2. The number of benzene rings is 1. The van der Waals surface area contributed by atoms with Crippen LogP contribution in [0.15, 0.2) is 23.7 Å². The van der Waals surface area contributed by atoms with E-state index < -0.39 is 11.6 Å². The highest BCUT2D eigenvalue weighted by Gasteiger charge is 2.26. The van der Waals surface area contributed by atoms with Crippen LogP contribution in [0.1, 0.15) is 21.8 Å². The molecule has 22 heavy (non-hydrogen) atoms. The number of rotatable bonds is 3. The lowest BCUT2D eigenvalue weighted by atomic mass is 10.2. The third kappa shape index (κ3) is 2.94. The molecule has 0 aliphatic carbocycles. The van der Waals surface area contributed by atoms with Crippen molar-refractivity contribution in [2.75, 3.05) is 18.0 Å². The average molecular weight is 323 g/mol. The summed E-state index contributed by atoms with van der Waals surface area (Å²) in [6, 6.07) is 3.49. The zero-order valence-corrected chi connectivity index (χ0v) is 12.8. The molecule has 2 heterocycles. The van der Waals surface area contributed by atoms with E-state index in [0.29, 0.717) is 29.3 Å². The van der Waals surface area contributed by atoms with E-state index in [1.165, 1.54) is 23.5 Å². The molecule has 0 spiro atoms. The standard InChI is InChI=1S/C15H15F2N3OS/c1-9-14(22-8-18-9)15(21)19-11-4-5-20(7-11)13-3-2-10(16)6-12(13)17/h2-3,6,8,11H,4-5,7H2,1H3,(H,19,21). The Morgan fingerprint density at radius 1 is 1.45 bits per heavy atom. The van der Waals surface area contributed by atoms with Crippen LogP contribution < -0.4 is 10.2 Å². The van der Waals surface area contributed by atoms with Crippen LogP contribution >= 0.6 is 11.3 Å². The molecule has 1 saturated heterocycles. The van der Waals surface area contributed by atoms with Crippen LogP contribution in [0.5, 0.6) is 0 Å². The molecule has 0 bridgehead atoms. The fraction of sp³-hybridized carbons (Fsp3) is 0.333. The van der Waals surface area contributed by atoms with E-state index in [2.05, 4.69) is 10.3 Å². The molecule has 116 valence electrons. The predicted molar refractivity (Wildman–Crippen MR) is 81.3 cm³/mol. The van der Waals surface area contributed by atoms with Gasteiger partial charge in [0.1, 0.15) is 16.5 Å². The minimum atomic E-state index is -0.592. The molecular formula is C15H15F2N3OS. The number of thiazole rings is 1.